The van der Waals surface area contributed by atoms with Gasteiger partial charge in [-0.25, -0.2) is 4.79 Å². The van der Waals surface area contributed by atoms with Gasteiger partial charge < -0.3 is 9.47 Å². The molecule has 0 N–H and O–H groups in total. The molecule has 0 aromatic carbocycles. The van der Waals surface area contributed by atoms with Gasteiger partial charge in [0.05, 0.1) is 7.11 Å². The van der Waals surface area contributed by atoms with Gasteiger partial charge in [-0.05, 0) is 13.8 Å². The first kappa shape index (κ1) is 13.2. The Morgan fingerprint density at radius 1 is 1.50 bits per heavy atom. The average molecular weight is 265 g/mol. The van der Waals surface area contributed by atoms with E-state index < -0.39 is 16.3 Å². The maximum atomic E-state index is 11.1. The third kappa shape index (κ3) is 3.91. The Kier molecular flexibility index (Phi) is 4.83. The monoisotopic (exact) mass is 264 g/mol. The molecule has 0 aromatic heterocycles. The summed E-state index contributed by atoms with van der Waals surface area (Å²) in [4.78, 5) is 22.1. The normalized spacial score (nSPS) is 14.0. The molecule has 1 unspecified atom stereocenters. The fourth-order valence-electron chi connectivity index (χ4n) is 0.596. The summed E-state index contributed by atoms with van der Waals surface area (Å²) < 4.78 is 8.31. The third-order valence-electron chi connectivity index (χ3n) is 1.43. The van der Waals surface area contributed by atoms with Crippen molar-refractivity contribution >= 4 is 27.9 Å². The zero-order valence-corrected chi connectivity index (χ0v) is 10.0. The number of ether oxygens (including phenoxy) is 2. The van der Waals surface area contributed by atoms with Crippen molar-refractivity contribution in [1.82, 2.24) is 0 Å². The van der Waals surface area contributed by atoms with Gasteiger partial charge in [-0.15, -0.1) is 0 Å². The van der Waals surface area contributed by atoms with Crippen molar-refractivity contribution in [3.05, 3.63) is 12.2 Å². The fraction of sp³-hybridized carbons (Fsp3) is 0.556. The molecule has 0 radical (unpaired) electrons. The molecule has 0 saturated carbocycles. The Hall–Kier alpha value is -0.840. The first-order valence-corrected chi connectivity index (χ1v) is 4.70. The van der Waals surface area contributed by atoms with Crippen LogP contribution in [0.25, 0.3) is 0 Å². The fourth-order valence-corrected chi connectivity index (χ4v) is 0.872. The van der Waals surface area contributed by atoms with Crippen molar-refractivity contribution in [1.29, 1.82) is 0 Å². The molecule has 4 nitrogen and oxygen atoms in total. The summed E-state index contributed by atoms with van der Waals surface area (Å²) in [5, 5.41) is 0. The second kappa shape index (κ2) is 5.14. The molecule has 0 heterocycles. The molecule has 0 aliphatic carbocycles. The second-order valence-electron chi connectivity index (χ2n) is 3.05. The maximum absolute atomic E-state index is 11.1. The summed E-state index contributed by atoms with van der Waals surface area (Å²) in [5.41, 5.74) is 0.290. The number of alkyl halides is 1. The highest BCUT2D eigenvalue weighted by Gasteiger charge is 2.32. The molecule has 0 amide bonds. The summed E-state index contributed by atoms with van der Waals surface area (Å²) in [6.07, 6.45) is 0. The van der Waals surface area contributed by atoms with Crippen LogP contribution in [0.5, 0.6) is 0 Å². The van der Waals surface area contributed by atoms with Crippen LogP contribution < -0.4 is 0 Å². The van der Waals surface area contributed by atoms with Gasteiger partial charge in [-0.1, -0.05) is 22.5 Å². The first-order valence-electron chi connectivity index (χ1n) is 3.91. The highest BCUT2D eigenvalue weighted by atomic mass is 79.9. The lowest BCUT2D eigenvalue weighted by Gasteiger charge is -2.18. The lowest BCUT2D eigenvalue weighted by molar-refractivity contribution is -0.148. The molecular formula is C9H13BrO4. The van der Waals surface area contributed by atoms with Crippen LogP contribution in [0.1, 0.15) is 13.8 Å². The van der Waals surface area contributed by atoms with Crippen LogP contribution in [-0.4, -0.2) is 30.0 Å². The third-order valence-corrected chi connectivity index (χ3v) is 1.99. The van der Waals surface area contributed by atoms with E-state index in [-0.39, 0.29) is 12.2 Å². The Bertz CT molecular complexity index is 258. The van der Waals surface area contributed by atoms with E-state index in [0.717, 1.165) is 0 Å². The molecule has 0 fully saturated rings. The van der Waals surface area contributed by atoms with Crippen LogP contribution in [0.4, 0.5) is 0 Å². The number of esters is 2. The van der Waals surface area contributed by atoms with Crippen molar-refractivity contribution < 1.29 is 19.1 Å². The smallest absolute Gasteiger partial charge is 0.333 e. The van der Waals surface area contributed by atoms with Crippen molar-refractivity contribution in [3.8, 4) is 0 Å². The van der Waals surface area contributed by atoms with E-state index in [1.807, 2.05) is 0 Å². The van der Waals surface area contributed by atoms with Crippen LogP contribution in [0.15, 0.2) is 12.2 Å². The number of hydrogen-bond donors (Lipinski definition) is 0. The van der Waals surface area contributed by atoms with Crippen molar-refractivity contribution in [2.45, 2.75) is 18.2 Å². The predicted octanol–water partition coefficient (Wildman–Crippen LogP) is 1.43. The lowest BCUT2D eigenvalue weighted by Crippen LogP contribution is -2.35. The highest BCUT2D eigenvalue weighted by Crippen LogP contribution is 2.19. The van der Waals surface area contributed by atoms with Gasteiger partial charge >= 0.3 is 11.9 Å². The SMILES string of the molecule is C=C(C)C(=O)OCC(C)(Br)C(=O)OC. The number of halogens is 1. The summed E-state index contributed by atoms with van der Waals surface area (Å²) in [7, 11) is 1.27. The van der Waals surface area contributed by atoms with Crippen molar-refractivity contribution in [2.24, 2.45) is 0 Å². The van der Waals surface area contributed by atoms with Gasteiger partial charge in [-0.2, -0.15) is 0 Å². The van der Waals surface area contributed by atoms with E-state index >= 15 is 0 Å². The van der Waals surface area contributed by atoms with Crippen molar-refractivity contribution in [2.75, 3.05) is 13.7 Å². The maximum Gasteiger partial charge on any atom is 0.333 e. The Balaban J connectivity index is 4.18. The predicted molar refractivity (Wildman–Crippen MR) is 55.1 cm³/mol. The molecule has 5 heteroatoms. The van der Waals surface area contributed by atoms with E-state index in [4.69, 9.17) is 4.74 Å². The average Bonchev–Trinajstić information content (AvgIpc) is 2.12. The first-order chi connectivity index (χ1) is 6.31. The van der Waals surface area contributed by atoms with Crippen LogP contribution in [0.2, 0.25) is 0 Å². The molecule has 0 aliphatic rings. The van der Waals surface area contributed by atoms with Gasteiger partial charge in [0.15, 0.2) is 4.32 Å². The Morgan fingerprint density at radius 2 is 2.00 bits per heavy atom. The molecule has 0 aliphatic heterocycles. The zero-order valence-electron chi connectivity index (χ0n) is 8.43. The molecule has 80 valence electrons. The van der Waals surface area contributed by atoms with E-state index in [9.17, 15) is 9.59 Å². The number of rotatable bonds is 4. The number of carbonyl (C=O) groups is 2. The minimum atomic E-state index is -1.01. The van der Waals surface area contributed by atoms with E-state index in [1.54, 1.807) is 6.92 Å². The van der Waals surface area contributed by atoms with Crippen LogP contribution >= 0.6 is 15.9 Å². The summed E-state index contributed by atoms with van der Waals surface area (Å²) in [5.74, 6) is -1.02. The molecule has 0 aromatic rings. The molecule has 0 saturated heterocycles. The largest absolute Gasteiger partial charge is 0.468 e. The van der Waals surface area contributed by atoms with Gasteiger partial charge in [-0.3, -0.25) is 4.79 Å². The Morgan fingerprint density at radius 3 is 2.36 bits per heavy atom. The molecule has 1 atom stereocenters. The topological polar surface area (TPSA) is 52.6 Å². The zero-order chi connectivity index (χ0) is 11.4. The van der Waals surface area contributed by atoms with E-state index in [0.29, 0.717) is 0 Å². The number of carbonyl (C=O) groups excluding carboxylic acids is 2. The molecule has 0 spiro atoms. The summed E-state index contributed by atoms with van der Waals surface area (Å²) >= 11 is 3.10. The minimum absolute atomic E-state index is 0.0919. The summed E-state index contributed by atoms with van der Waals surface area (Å²) in [6, 6.07) is 0. The van der Waals surface area contributed by atoms with Crippen LogP contribution in [0.3, 0.4) is 0 Å². The van der Waals surface area contributed by atoms with E-state index in [1.165, 1.54) is 14.0 Å². The van der Waals surface area contributed by atoms with Crippen molar-refractivity contribution in [3.63, 3.8) is 0 Å². The second-order valence-corrected chi connectivity index (χ2v) is 4.80. The van der Waals surface area contributed by atoms with Gasteiger partial charge in [0.1, 0.15) is 6.61 Å². The number of hydrogen-bond acceptors (Lipinski definition) is 4. The number of methoxy groups -OCH3 is 1. The summed E-state index contributed by atoms with van der Waals surface area (Å²) in [6.45, 7) is 6.42. The van der Waals surface area contributed by atoms with Crippen LogP contribution in [0, 0.1) is 0 Å². The highest BCUT2D eigenvalue weighted by molar-refractivity contribution is 9.10. The minimum Gasteiger partial charge on any atom is -0.468 e. The molecule has 0 bridgehead atoms. The lowest BCUT2D eigenvalue weighted by atomic mass is 10.2. The van der Waals surface area contributed by atoms with Crippen LogP contribution in [-0.2, 0) is 19.1 Å². The van der Waals surface area contributed by atoms with Gasteiger partial charge in [0.2, 0.25) is 0 Å². The molecular weight excluding hydrogens is 252 g/mol. The molecule has 14 heavy (non-hydrogen) atoms. The quantitative estimate of drug-likeness (QED) is 0.438. The van der Waals surface area contributed by atoms with Gasteiger partial charge in [0, 0.05) is 5.57 Å². The standard InChI is InChI=1S/C9H13BrO4/c1-6(2)7(11)14-5-9(3,10)8(12)13-4/h1,5H2,2-4H3. The molecule has 0 rings (SSSR count). The van der Waals surface area contributed by atoms with E-state index in [2.05, 4.69) is 27.2 Å². The van der Waals surface area contributed by atoms with Gasteiger partial charge in [0.25, 0.3) is 0 Å². The Labute approximate surface area is 91.4 Å².